The van der Waals surface area contributed by atoms with Gasteiger partial charge in [0.1, 0.15) is 0 Å². The summed E-state index contributed by atoms with van der Waals surface area (Å²) in [5, 5.41) is 12.4. The van der Waals surface area contributed by atoms with E-state index in [0.717, 1.165) is 5.56 Å². The molecule has 0 spiro atoms. The Morgan fingerprint density at radius 3 is 2.37 bits per heavy atom. The second kappa shape index (κ2) is 8.37. The first-order valence-electron chi connectivity index (χ1n) is 8.13. The smallest absolute Gasteiger partial charge is 0.221 e. The number of halogens is 1. The lowest BCUT2D eigenvalue weighted by molar-refractivity contribution is -0.114. The molecule has 27 heavy (non-hydrogen) atoms. The maximum absolute atomic E-state index is 12.4. The van der Waals surface area contributed by atoms with Gasteiger partial charge in [0.05, 0.1) is 5.75 Å². The zero-order valence-corrected chi connectivity index (χ0v) is 16.3. The summed E-state index contributed by atoms with van der Waals surface area (Å²) >= 11 is 7.24. The third kappa shape index (κ3) is 4.75. The van der Waals surface area contributed by atoms with E-state index in [-0.39, 0.29) is 17.4 Å². The van der Waals surface area contributed by atoms with Crippen LogP contribution in [-0.4, -0.2) is 32.2 Å². The third-order valence-corrected chi connectivity index (χ3v) is 5.07. The maximum atomic E-state index is 12.4. The van der Waals surface area contributed by atoms with E-state index in [1.165, 1.54) is 18.7 Å². The average Bonchev–Trinajstić information content (AvgIpc) is 3.01. The van der Waals surface area contributed by atoms with Gasteiger partial charge in [-0.05, 0) is 48.5 Å². The summed E-state index contributed by atoms with van der Waals surface area (Å²) < 4.78 is 1.85. The molecular weight excluding hydrogens is 384 g/mol. The lowest BCUT2D eigenvalue weighted by atomic mass is 10.1. The highest BCUT2D eigenvalue weighted by Gasteiger charge is 2.14. The molecule has 1 heterocycles. The largest absolute Gasteiger partial charge is 0.326 e. The summed E-state index contributed by atoms with van der Waals surface area (Å²) in [5.41, 5.74) is 2.14. The minimum absolute atomic E-state index is 0.0228. The molecule has 0 radical (unpaired) electrons. The first-order chi connectivity index (χ1) is 12.9. The molecule has 8 heteroatoms. The van der Waals surface area contributed by atoms with Gasteiger partial charge < -0.3 is 9.88 Å². The van der Waals surface area contributed by atoms with Gasteiger partial charge in [-0.2, -0.15) is 0 Å². The zero-order chi connectivity index (χ0) is 19.4. The Balaban J connectivity index is 1.65. The number of benzene rings is 2. The van der Waals surface area contributed by atoms with E-state index < -0.39 is 0 Å². The van der Waals surface area contributed by atoms with Crippen LogP contribution in [0.4, 0.5) is 5.69 Å². The highest BCUT2D eigenvalue weighted by atomic mass is 35.5. The quantitative estimate of drug-likeness (QED) is 0.498. The van der Waals surface area contributed by atoms with E-state index >= 15 is 0 Å². The summed E-state index contributed by atoms with van der Waals surface area (Å²) in [5.74, 6) is 0.779. The number of carbonyl (C=O) groups is 2. The number of thioether (sulfide) groups is 1. The van der Waals surface area contributed by atoms with Gasteiger partial charge in [-0.25, -0.2) is 0 Å². The highest BCUT2D eigenvalue weighted by Crippen LogP contribution is 2.24. The fraction of sp³-hybridized carbons (Fsp3) is 0.158. The number of nitrogens with zero attached hydrogens (tertiary/aromatic N) is 3. The van der Waals surface area contributed by atoms with Gasteiger partial charge >= 0.3 is 0 Å². The Morgan fingerprint density at radius 2 is 1.74 bits per heavy atom. The van der Waals surface area contributed by atoms with E-state index in [0.29, 0.717) is 27.3 Å². The minimum atomic E-state index is -0.150. The van der Waals surface area contributed by atoms with Crippen molar-refractivity contribution in [2.24, 2.45) is 7.05 Å². The van der Waals surface area contributed by atoms with Crippen molar-refractivity contribution in [3.8, 4) is 11.4 Å². The molecule has 0 aliphatic heterocycles. The van der Waals surface area contributed by atoms with Gasteiger partial charge in [0.2, 0.25) is 5.91 Å². The second-order valence-corrected chi connectivity index (χ2v) is 7.22. The number of hydrogen-bond acceptors (Lipinski definition) is 5. The molecule has 0 aliphatic carbocycles. The van der Waals surface area contributed by atoms with Gasteiger partial charge in [0, 0.05) is 35.8 Å². The van der Waals surface area contributed by atoms with Crippen LogP contribution >= 0.6 is 23.4 Å². The Labute approximate surface area is 165 Å². The number of anilines is 1. The van der Waals surface area contributed by atoms with E-state index in [1.54, 1.807) is 36.4 Å². The van der Waals surface area contributed by atoms with Gasteiger partial charge in [0.15, 0.2) is 16.8 Å². The van der Waals surface area contributed by atoms with E-state index in [9.17, 15) is 9.59 Å². The number of hydrogen-bond donors (Lipinski definition) is 1. The Kier molecular flexibility index (Phi) is 5.93. The zero-order valence-electron chi connectivity index (χ0n) is 14.8. The lowest BCUT2D eigenvalue weighted by Gasteiger charge is -2.05. The molecule has 0 fully saturated rings. The third-order valence-electron chi connectivity index (χ3n) is 3.80. The van der Waals surface area contributed by atoms with Gasteiger partial charge in [-0.3, -0.25) is 9.59 Å². The van der Waals surface area contributed by atoms with Crippen LogP contribution in [0.1, 0.15) is 17.3 Å². The van der Waals surface area contributed by atoms with Crippen LogP contribution in [0.25, 0.3) is 11.4 Å². The first kappa shape index (κ1) is 19.1. The normalized spacial score (nSPS) is 10.6. The van der Waals surface area contributed by atoms with Crippen molar-refractivity contribution < 1.29 is 9.59 Å². The Hall–Kier alpha value is -2.64. The summed E-state index contributed by atoms with van der Waals surface area (Å²) in [4.78, 5) is 23.4. The summed E-state index contributed by atoms with van der Waals surface area (Å²) in [6.45, 7) is 1.44. The number of Topliss-reactive ketones (excluding diaryl/α,β-unsaturated/α-hetero) is 1. The fourth-order valence-electron chi connectivity index (χ4n) is 2.45. The molecular formula is C19H17ClN4O2S. The minimum Gasteiger partial charge on any atom is -0.326 e. The van der Waals surface area contributed by atoms with Crippen LogP contribution in [0.5, 0.6) is 0 Å². The molecule has 2 aromatic carbocycles. The molecule has 6 nitrogen and oxygen atoms in total. The van der Waals surface area contributed by atoms with Gasteiger partial charge in [-0.1, -0.05) is 23.4 Å². The molecule has 0 unspecified atom stereocenters. The van der Waals surface area contributed by atoms with Crippen LogP contribution in [0.2, 0.25) is 5.02 Å². The van der Waals surface area contributed by atoms with Crippen LogP contribution < -0.4 is 5.32 Å². The van der Waals surface area contributed by atoms with Gasteiger partial charge in [0.25, 0.3) is 0 Å². The molecule has 3 rings (SSSR count). The molecule has 0 aliphatic rings. The Morgan fingerprint density at radius 1 is 1.07 bits per heavy atom. The molecule has 1 amide bonds. The van der Waals surface area contributed by atoms with Crippen molar-refractivity contribution in [1.82, 2.24) is 14.8 Å². The number of carbonyl (C=O) groups excluding carboxylic acids is 2. The van der Waals surface area contributed by atoms with Crippen molar-refractivity contribution in [2.45, 2.75) is 12.1 Å². The molecule has 138 valence electrons. The molecule has 0 atom stereocenters. The van der Waals surface area contributed by atoms with Crippen LogP contribution in [0, 0.1) is 0 Å². The predicted octanol–water partition coefficient (Wildman–Crippen LogP) is 4.07. The SMILES string of the molecule is CC(=O)Nc1ccc(C(=O)CSc2nnc(-c3ccc(Cl)cc3)n2C)cc1. The molecule has 1 N–H and O–H groups in total. The number of amides is 1. The molecule has 0 bridgehead atoms. The molecule has 0 saturated carbocycles. The highest BCUT2D eigenvalue weighted by molar-refractivity contribution is 7.99. The summed E-state index contributed by atoms with van der Waals surface area (Å²) in [6, 6.07) is 14.2. The van der Waals surface area contributed by atoms with Crippen molar-refractivity contribution in [1.29, 1.82) is 0 Å². The monoisotopic (exact) mass is 400 g/mol. The number of rotatable bonds is 6. The summed E-state index contributed by atoms with van der Waals surface area (Å²) in [6.07, 6.45) is 0. The predicted molar refractivity (Wildman–Crippen MR) is 107 cm³/mol. The van der Waals surface area contributed by atoms with Crippen molar-refractivity contribution in [2.75, 3.05) is 11.1 Å². The van der Waals surface area contributed by atoms with Crippen LogP contribution in [0.15, 0.2) is 53.7 Å². The van der Waals surface area contributed by atoms with E-state index in [2.05, 4.69) is 15.5 Å². The fourth-order valence-corrected chi connectivity index (χ4v) is 3.38. The van der Waals surface area contributed by atoms with Crippen molar-refractivity contribution in [3.63, 3.8) is 0 Å². The molecule has 0 saturated heterocycles. The number of aromatic nitrogens is 3. The van der Waals surface area contributed by atoms with Gasteiger partial charge in [-0.15, -0.1) is 10.2 Å². The standard InChI is InChI=1S/C19H17ClN4O2S/c1-12(25)21-16-9-5-13(6-10-16)17(26)11-27-19-23-22-18(24(19)2)14-3-7-15(20)8-4-14/h3-10H,11H2,1-2H3,(H,21,25). The number of ketones is 1. The lowest BCUT2D eigenvalue weighted by Crippen LogP contribution is -2.07. The Bertz CT molecular complexity index is 968. The van der Waals surface area contributed by atoms with Crippen LogP contribution in [-0.2, 0) is 11.8 Å². The average molecular weight is 401 g/mol. The topological polar surface area (TPSA) is 76.9 Å². The first-order valence-corrected chi connectivity index (χ1v) is 9.49. The summed E-state index contributed by atoms with van der Waals surface area (Å²) in [7, 11) is 1.86. The maximum Gasteiger partial charge on any atom is 0.221 e. The molecule has 3 aromatic rings. The number of nitrogens with one attached hydrogen (secondary N) is 1. The van der Waals surface area contributed by atoms with Crippen LogP contribution in [0.3, 0.4) is 0 Å². The van der Waals surface area contributed by atoms with Crippen molar-refractivity contribution >= 4 is 40.7 Å². The molecule has 1 aromatic heterocycles. The second-order valence-electron chi connectivity index (χ2n) is 5.84. The van der Waals surface area contributed by atoms with E-state index in [4.69, 9.17) is 11.6 Å². The van der Waals surface area contributed by atoms with Crippen molar-refractivity contribution in [3.05, 3.63) is 59.1 Å². The van der Waals surface area contributed by atoms with E-state index in [1.807, 2.05) is 23.7 Å².